The van der Waals surface area contributed by atoms with Crippen LogP contribution in [0.3, 0.4) is 0 Å². The Bertz CT molecular complexity index is 7960. The van der Waals surface area contributed by atoms with Gasteiger partial charge in [-0.2, -0.15) is 21.0 Å². The molecule has 19 aromatic rings. The fraction of sp³-hybridized carbons (Fsp3) is 0. The predicted octanol–water partition coefficient (Wildman–Crippen LogP) is 18.2. The summed E-state index contributed by atoms with van der Waals surface area (Å²) in [6.07, 6.45) is 0. The van der Waals surface area contributed by atoms with Crippen LogP contribution >= 0.6 is 46.4 Å². The second kappa shape index (κ2) is 22.6. The fourth-order valence-electron chi connectivity index (χ4n) is 16.4. The lowest BCUT2D eigenvalue weighted by molar-refractivity contribution is 1.29. The van der Waals surface area contributed by atoms with Gasteiger partial charge in [-0.3, -0.25) is 19.2 Å². The second-order valence-electron chi connectivity index (χ2n) is 26.0. The van der Waals surface area contributed by atoms with Crippen LogP contribution in [0.25, 0.3) is 182 Å². The van der Waals surface area contributed by atoms with Gasteiger partial charge in [0.25, 0.3) is 0 Å². The highest BCUT2D eigenvalue weighted by Crippen LogP contribution is 2.51. The summed E-state index contributed by atoms with van der Waals surface area (Å²) >= 11 is 25.0. The van der Waals surface area contributed by atoms with Crippen molar-refractivity contribution in [2.45, 2.75) is 0 Å². The van der Waals surface area contributed by atoms with Crippen LogP contribution in [0.15, 0.2) is 238 Å². The summed E-state index contributed by atoms with van der Waals surface area (Å²) in [6, 6.07) is 77.3. The zero-order valence-corrected chi connectivity index (χ0v) is 56.9. The number of benzene rings is 10. The molecule has 0 amide bonds. The van der Waals surface area contributed by atoms with E-state index in [1.54, 1.807) is 48.5 Å². The Kier molecular flexibility index (Phi) is 13.4. The molecule has 0 fully saturated rings. The smallest absolute Gasteiger partial charge is 0.190 e. The molecule has 16 heteroatoms. The third-order valence-corrected chi connectivity index (χ3v) is 21.4. The van der Waals surface area contributed by atoms with E-state index < -0.39 is 0 Å². The lowest BCUT2D eigenvalue weighted by Gasteiger charge is -2.35. The molecule has 104 heavy (non-hydrogen) atoms. The number of anilines is 3. The molecule has 0 spiro atoms. The molecule has 0 N–H and O–H groups in total. The highest BCUT2D eigenvalue weighted by atomic mass is 35.5. The summed E-state index contributed by atoms with van der Waals surface area (Å²) in [6.45, 7) is 8.48. The lowest BCUT2D eigenvalue weighted by Crippen LogP contribution is -2.25. The molecule has 0 unspecified atom stereocenters. The number of halogens is 4. The van der Waals surface area contributed by atoms with Gasteiger partial charge in [-0.25, -0.2) is 0 Å². The molecule has 9 aromatic heterocycles. The fourth-order valence-corrected chi connectivity index (χ4v) is 17.3. The van der Waals surface area contributed by atoms with Gasteiger partial charge in [-0.05, 0) is 94.0 Å². The Morgan fingerprint density at radius 1 is 0.298 bits per heavy atom. The van der Waals surface area contributed by atoms with Crippen LogP contribution in [0.5, 0.6) is 0 Å². The summed E-state index contributed by atoms with van der Waals surface area (Å²) in [5.41, 5.74) is 10.1. The Morgan fingerprint density at radius 2 is 0.606 bits per heavy atom. The van der Waals surface area contributed by atoms with Crippen LogP contribution in [0.1, 0.15) is 0 Å². The normalized spacial score (nSPS) is 12.0. The van der Waals surface area contributed by atoms with E-state index in [9.17, 15) is 40.2 Å². The Labute approximate surface area is 604 Å². The van der Waals surface area contributed by atoms with E-state index in [4.69, 9.17) is 46.4 Å². The molecule has 3 aliphatic rings. The van der Waals surface area contributed by atoms with Gasteiger partial charge in [0.15, 0.2) is 21.7 Å². The maximum atomic E-state index is 12.8. The molecule has 0 bridgehead atoms. The molecule has 10 aromatic carbocycles. The largest absolute Gasteiger partial charge is 0.308 e. The number of nitrogens with zero attached hydrogens (tertiary/aromatic N) is 8. The summed E-state index contributed by atoms with van der Waals surface area (Å²) in [4.78, 5) is 52.8. The number of fused-ring (bicyclic) bond motifs is 10. The minimum absolute atomic E-state index is 0.0689. The van der Waals surface area contributed by atoms with Gasteiger partial charge in [0.1, 0.15) is 35.4 Å². The van der Waals surface area contributed by atoms with E-state index in [2.05, 4.69) is 89.2 Å². The molecular formula is C88H40Cl4N8O4. The number of aromatic nitrogens is 3. The van der Waals surface area contributed by atoms with Crippen molar-refractivity contribution in [2.75, 3.05) is 4.90 Å². The van der Waals surface area contributed by atoms with Crippen molar-refractivity contribution in [3.05, 3.63) is 300 Å². The number of hydrogen-bond donors (Lipinski definition) is 0. The number of rotatable bonds is 0. The van der Waals surface area contributed by atoms with E-state index >= 15 is 0 Å². The molecular weight excluding hydrogens is 1370 g/mol. The number of nitriles is 4. The van der Waals surface area contributed by atoms with E-state index in [-0.39, 0.29) is 32.9 Å². The maximum absolute atomic E-state index is 12.8. The van der Waals surface area contributed by atoms with Crippen molar-refractivity contribution in [3.63, 3.8) is 0 Å². The number of pyridine rings is 7. The standard InChI is InChI=1S/C26H12ClN3.C22H10ClN3.C22H10ClNO2.C18H8ClNO2/c1-14-8-23-18-6-2-4-15-5-3-7-19(25(15)18)24-11-21(16(12-28)13-29)22-10-17(27)9-20(14)26(22)30(23)24;1-12-6-20-15-4-2-3-5-16(15)21-9-18(13(10-24)11-25)19-8-14(23)7-17(12)22(19)26(20)21;23-12-7-15-19(25)9-17-13-5-1-3-11-4-2-6-14(21(11)13)18-10-20(26)16(8-12)22(15)24(17)18;19-9-5-12-16(21)7-14-10-3-1-2-4-11(10)15-8-17(22)13(6-9)18(12)20(14)15/h2-11H,1H2;2-9H,1H2;1-10H;1-8H. The van der Waals surface area contributed by atoms with Gasteiger partial charge in [-0.15, -0.1) is 0 Å². The average molecular weight is 1420 g/mol. The van der Waals surface area contributed by atoms with Crippen LogP contribution in [0.2, 0.25) is 20.1 Å². The first kappa shape index (κ1) is 61.7. The van der Waals surface area contributed by atoms with Gasteiger partial charge in [-0.1, -0.05) is 181 Å². The van der Waals surface area contributed by atoms with Crippen molar-refractivity contribution in [3.8, 4) is 24.3 Å². The zero-order chi connectivity index (χ0) is 71.2. The van der Waals surface area contributed by atoms with Crippen molar-refractivity contribution in [1.82, 2.24) is 13.2 Å². The van der Waals surface area contributed by atoms with E-state index in [1.807, 2.05) is 136 Å². The highest BCUT2D eigenvalue weighted by Gasteiger charge is 2.30. The molecule has 22 rings (SSSR count). The van der Waals surface area contributed by atoms with Crippen LogP contribution in [-0.4, -0.2) is 13.2 Å². The number of hydrogen-bond acceptors (Lipinski definition) is 9. The maximum Gasteiger partial charge on any atom is 0.190 e. The van der Waals surface area contributed by atoms with Gasteiger partial charge in [0.2, 0.25) is 0 Å². The van der Waals surface area contributed by atoms with Crippen LogP contribution < -0.4 is 47.5 Å². The average Bonchev–Trinajstić information content (AvgIpc) is 1.02. The second-order valence-corrected chi connectivity index (χ2v) is 27.8. The molecule has 3 aliphatic heterocycles. The van der Waals surface area contributed by atoms with Gasteiger partial charge < -0.3 is 18.1 Å². The molecule has 0 aliphatic carbocycles. The van der Waals surface area contributed by atoms with E-state index in [0.29, 0.717) is 63.1 Å². The first-order valence-electron chi connectivity index (χ1n) is 32.7. The zero-order valence-electron chi connectivity index (χ0n) is 53.9. The van der Waals surface area contributed by atoms with Crippen LogP contribution in [0.4, 0.5) is 17.1 Å². The Balaban J connectivity index is 0.0000000959. The summed E-state index contributed by atoms with van der Waals surface area (Å²) in [5, 5.41) is 61.2. The van der Waals surface area contributed by atoms with Gasteiger partial charge in [0.05, 0.1) is 66.7 Å². The van der Waals surface area contributed by atoms with Crippen LogP contribution in [-0.2, 0) is 0 Å². The van der Waals surface area contributed by atoms with E-state index in [0.717, 1.165) is 152 Å². The van der Waals surface area contributed by atoms with Crippen molar-refractivity contribution >= 4 is 245 Å². The molecule has 0 atom stereocenters. The highest BCUT2D eigenvalue weighted by molar-refractivity contribution is 6.35. The van der Waals surface area contributed by atoms with E-state index in [1.165, 1.54) is 0 Å². The Hall–Kier alpha value is -13.4. The SMILES string of the molecule is C=c1cc2c3cccc4cccc(c5cc(=C(C#N)C#N)c6cc(Cl)cc1c6N25)c43.C=c1cc2c3ccccc3c3cc(=C(C#N)C#N)c4cc(Cl)cc1c4n23.O=c1cc2c3cccc4cccc(c43)c3cc(=O)c4cc(Cl)cc1c4n23.O=c1cc2c3ccccc3c3cc(=O)c4cc(Cl)cc1c4n23. The quantitative estimate of drug-likeness (QED) is 0.105. The van der Waals surface area contributed by atoms with Crippen molar-refractivity contribution in [2.24, 2.45) is 0 Å². The van der Waals surface area contributed by atoms with Crippen molar-refractivity contribution in [1.29, 1.82) is 21.0 Å². The van der Waals surface area contributed by atoms with Crippen LogP contribution in [0, 0.1) is 45.3 Å². The molecule has 12 heterocycles. The summed E-state index contributed by atoms with van der Waals surface area (Å²) in [7, 11) is 0. The summed E-state index contributed by atoms with van der Waals surface area (Å²) < 4.78 is 6.20. The van der Waals surface area contributed by atoms with Crippen molar-refractivity contribution < 1.29 is 0 Å². The monoisotopic (exact) mass is 1410 g/mol. The van der Waals surface area contributed by atoms with Gasteiger partial charge in [0, 0.05) is 152 Å². The molecule has 12 nitrogen and oxygen atoms in total. The molecule has 484 valence electrons. The van der Waals surface area contributed by atoms with Gasteiger partial charge >= 0.3 is 0 Å². The first-order valence-corrected chi connectivity index (χ1v) is 34.2. The first-order chi connectivity index (χ1) is 50.5. The minimum Gasteiger partial charge on any atom is -0.308 e. The molecule has 0 saturated heterocycles. The predicted molar refractivity (Wildman–Crippen MR) is 426 cm³/mol. The molecule has 0 saturated carbocycles. The topological polar surface area (TPSA) is 180 Å². The lowest BCUT2D eigenvalue weighted by atomic mass is 9.91. The Morgan fingerprint density at radius 3 is 1.04 bits per heavy atom. The molecule has 0 radical (unpaired) electrons. The third kappa shape index (κ3) is 8.64. The third-order valence-electron chi connectivity index (χ3n) is 20.6. The minimum atomic E-state index is -0.125. The summed E-state index contributed by atoms with van der Waals surface area (Å²) in [5.74, 6) is 0.